The average Bonchev–Trinajstić information content (AvgIpc) is 2.66. The lowest BCUT2D eigenvalue weighted by Gasteiger charge is -2.08. The highest BCUT2D eigenvalue weighted by atomic mass is 32.2. The number of nitrogens with one attached hydrogen (secondary N) is 1. The maximum absolute atomic E-state index is 5.80. The molecule has 6 nitrogen and oxygen atoms in total. The molecule has 0 saturated carbocycles. The summed E-state index contributed by atoms with van der Waals surface area (Å²) in [6.45, 7) is 0.692. The molecule has 0 aliphatic carbocycles. The van der Waals surface area contributed by atoms with Gasteiger partial charge in [-0.25, -0.2) is 0 Å². The molecule has 3 rings (SSSR count). The smallest absolute Gasteiger partial charge is 0.232 e. The van der Waals surface area contributed by atoms with E-state index in [0.717, 1.165) is 23.6 Å². The molecular weight excluding hydrogens is 346 g/mol. The van der Waals surface area contributed by atoms with Crippen molar-refractivity contribution in [3.63, 3.8) is 0 Å². The SMILES string of the molecule is Nc1nc(CSCCCOc2ccccc2)nc(Nc2ccccc2)n1. The Balaban J connectivity index is 1.43. The Kier molecular flexibility index (Phi) is 6.66. The first-order valence-electron chi connectivity index (χ1n) is 8.38. The summed E-state index contributed by atoms with van der Waals surface area (Å²) in [6.07, 6.45) is 0.954. The average molecular weight is 367 g/mol. The quantitative estimate of drug-likeness (QED) is 0.555. The summed E-state index contributed by atoms with van der Waals surface area (Å²) in [6, 6.07) is 19.6. The second-order valence-electron chi connectivity index (χ2n) is 5.49. The first kappa shape index (κ1) is 18.0. The van der Waals surface area contributed by atoms with Gasteiger partial charge < -0.3 is 15.8 Å². The molecular formula is C19H21N5OS. The van der Waals surface area contributed by atoms with Gasteiger partial charge in [-0.3, -0.25) is 0 Å². The lowest BCUT2D eigenvalue weighted by atomic mass is 10.3. The number of hydrogen-bond acceptors (Lipinski definition) is 7. The van der Waals surface area contributed by atoms with Gasteiger partial charge in [0.1, 0.15) is 11.6 Å². The van der Waals surface area contributed by atoms with Crippen molar-refractivity contribution < 1.29 is 4.74 Å². The van der Waals surface area contributed by atoms with Crippen LogP contribution in [0.4, 0.5) is 17.6 Å². The van der Waals surface area contributed by atoms with Crippen molar-refractivity contribution in [2.75, 3.05) is 23.4 Å². The molecule has 0 spiro atoms. The lowest BCUT2D eigenvalue weighted by molar-refractivity contribution is 0.318. The van der Waals surface area contributed by atoms with Crippen LogP contribution in [0.3, 0.4) is 0 Å². The third kappa shape index (κ3) is 5.93. The number of thioether (sulfide) groups is 1. The third-order valence-corrected chi connectivity index (χ3v) is 4.44. The minimum Gasteiger partial charge on any atom is -0.494 e. The minimum atomic E-state index is 0.224. The molecule has 0 bridgehead atoms. The highest BCUT2D eigenvalue weighted by Gasteiger charge is 2.05. The van der Waals surface area contributed by atoms with Gasteiger partial charge in [-0.15, -0.1) is 0 Å². The first-order chi connectivity index (χ1) is 12.8. The number of anilines is 3. The van der Waals surface area contributed by atoms with E-state index in [2.05, 4.69) is 20.3 Å². The van der Waals surface area contributed by atoms with Crippen molar-refractivity contribution in [3.05, 3.63) is 66.5 Å². The van der Waals surface area contributed by atoms with E-state index in [1.165, 1.54) is 0 Å². The number of nitrogens with two attached hydrogens (primary N) is 1. The number of ether oxygens (including phenoxy) is 1. The monoisotopic (exact) mass is 367 g/mol. The molecule has 134 valence electrons. The maximum Gasteiger partial charge on any atom is 0.232 e. The molecule has 0 fully saturated rings. The number of rotatable bonds is 9. The van der Waals surface area contributed by atoms with Crippen LogP contribution in [0.2, 0.25) is 0 Å². The number of nitrogen functional groups attached to an aromatic ring is 1. The van der Waals surface area contributed by atoms with Crippen molar-refractivity contribution in [1.29, 1.82) is 0 Å². The van der Waals surface area contributed by atoms with Crippen molar-refractivity contribution in [2.45, 2.75) is 12.2 Å². The first-order valence-corrected chi connectivity index (χ1v) is 9.53. The largest absolute Gasteiger partial charge is 0.494 e. The summed E-state index contributed by atoms with van der Waals surface area (Å²) in [7, 11) is 0. The topological polar surface area (TPSA) is 86.0 Å². The zero-order valence-electron chi connectivity index (χ0n) is 14.3. The zero-order chi connectivity index (χ0) is 18.0. The number of hydrogen-bond donors (Lipinski definition) is 2. The van der Waals surface area contributed by atoms with E-state index in [9.17, 15) is 0 Å². The van der Waals surface area contributed by atoms with Gasteiger partial charge in [0.05, 0.1) is 12.4 Å². The summed E-state index contributed by atoms with van der Waals surface area (Å²) in [5, 5.41) is 3.14. The van der Waals surface area contributed by atoms with Crippen LogP contribution in [-0.2, 0) is 5.75 Å². The number of para-hydroxylation sites is 2. The van der Waals surface area contributed by atoms with Crippen LogP contribution in [0.5, 0.6) is 5.75 Å². The molecule has 7 heteroatoms. The van der Waals surface area contributed by atoms with E-state index in [1.807, 2.05) is 60.7 Å². The van der Waals surface area contributed by atoms with Gasteiger partial charge in [0, 0.05) is 5.69 Å². The van der Waals surface area contributed by atoms with Gasteiger partial charge in [0.25, 0.3) is 0 Å². The molecule has 3 N–H and O–H groups in total. The highest BCUT2D eigenvalue weighted by Crippen LogP contribution is 2.16. The zero-order valence-corrected chi connectivity index (χ0v) is 15.2. The Morgan fingerprint density at radius 3 is 2.42 bits per heavy atom. The number of nitrogens with zero attached hydrogens (tertiary/aromatic N) is 3. The maximum atomic E-state index is 5.80. The molecule has 1 aromatic heterocycles. The van der Waals surface area contributed by atoms with Crippen molar-refractivity contribution in [1.82, 2.24) is 15.0 Å². The molecule has 26 heavy (non-hydrogen) atoms. The van der Waals surface area contributed by atoms with Crippen LogP contribution in [-0.4, -0.2) is 27.3 Å². The summed E-state index contributed by atoms with van der Waals surface area (Å²) in [4.78, 5) is 12.8. The lowest BCUT2D eigenvalue weighted by Crippen LogP contribution is -2.07. The minimum absolute atomic E-state index is 0.224. The summed E-state index contributed by atoms with van der Waals surface area (Å²) in [5.41, 5.74) is 6.71. The van der Waals surface area contributed by atoms with Crippen LogP contribution in [0.15, 0.2) is 60.7 Å². The van der Waals surface area contributed by atoms with E-state index < -0.39 is 0 Å². The van der Waals surface area contributed by atoms with E-state index in [0.29, 0.717) is 24.1 Å². The van der Waals surface area contributed by atoms with E-state index in [4.69, 9.17) is 10.5 Å². The second-order valence-corrected chi connectivity index (χ2v) is 6.60. The molecule has 3 aromatic rings. The van der Waals surface area contributed by atoms with Crippen molar-refractivity contribution in [2.24, 2.45) is 0 Å². The summed E-state index contributed by atoms with van der Waals surface area (Å²) >= 11 is 1.75. The molecule has 2 aromatic carbocycles. The van der Waals surface area contributed by atoms with E-state index in [-0.39, 0.29) is 5.95 Å². The fraction of sp³-hybridized carbons (Fsp3) is 0.211. The fourth-order valence-corrected chi connectivity index (χ4v) is 3.02. The van der Waals surface area contributed by atoms with Gasteiger partial charge in [0.2, 0.25) is 11.9 Å². The Bertz CT molecular complexity index is 802. The summed E-state index contributed by atoms with van der Waals surface area (Å²) in [5.74, 6) is 3.90. The third-order valence-electron chi connectivity index (χ3n) is 3.41. The normalized spacial score (nSPS) is 10.5. The fourth-order valence-electron chi connectivity index (χ4n) is 2.24. The van der Waals surface area contributed by atoms with Crippen molar-refractivity contribution >= 4 is 29.3 Å². The molecule has 0 aliphatic rings. The molecule has 0 amide bonds. The van der Waals surface area contributed by atoms with Crippen LogP contribution in [0.25, 0.3) is 0 Å². The van der Waals surface area contributed by atoms with Gasteiger partial charge in [-0.2, -0.15) is 26.7 Å². The molecule has 0 unspecified atom stereocenters. The second kappa shape index (κ2) is 9.62. The molecule has 0 radical (unpaired) electrons. The van der Waals surface area contributed by atoms with Crippen LogP contribution >= 0.6 is 11.8 Å². The molecule has 1 heterocycles. The predicted octanol–water partition coefficient (Wildman–Crippen LogP) is 3.90. The van der Waals surface area contributed by atoms with E-state index >= 15 is 0 Å². The Morgan fingerprint density at radius 2 is 1.65 bits per heavy atom. The number of aromatic nitrogens is 3. The number of benzene rings is 2. The predicted molar refractivity (Wildman–Crippen MR) is 107 cm³/mol. The standard InChI is InChI=1S/C19H21N5OS/c20-18-22-17(23-19(24-18)21-15-8-3-1-4-9-15)14-26-13-7-12-25-16-10-5-2-6-11-16/h1-6,8-11H,7,12-14H2,(H3,20,21,22,23,24). The van der Waals surface area contributed by atoms with Crippen LogP contribution < -0.4 is 15.8 Å². The molecule has 0 atom stereocenters. The molecule has 0 aliphatic heterocycles. The van der Waals surface area contributed by atoms with Crippen molar-refractivity contribution in [3.8, 4) is 5.75 Å². The Hall–Kier alpha value is -2.80. The summed E-state index contributed by atoms with van der Waals surface area (Å²) < 4.78 is 5.68. The Labute approximate surface area is 157 Å². The van der Waals surface area contributed by atoms with Gasteiger partial charge in [-0.05, 0) is 36.4 Å². The Morgan fingerprint density at radius 1 is 0.923 bits per heavy atom. The van der Waals surface area contributed by atoms with Crippen LogP contribution in [0.1, 0.15) is 12.2 Å². The van der Waals surface area contributed by atoms with Crippen LogP contribution in [0, 0.1) is 0 Å². The van der Waals surface area contributed by atoms with Gasteiger partial charge >= 0.3 is 0 Å². The van der Waals surface area contributed by atoms with E-state index in [1.54, 1.807) is 11.8 Å². The molecule has 0 saturated heterocycles. The van der Waals surface area contributed by atoms with Gasteiger partial charge in [-0.1, -0.05) is 36.4 Å². The van der Waals surface area contributed by atoms with Gasteiger partial charge in [0.15, 0.2) is 0 Å². The highest BCUT2D eigenvalue weighted by molar-refractivity contribution is 7.98.